The van der Waals surface area contributed by atoms with E-state index in [2.05, 4.69) is 31.7 Å². The van der Waals surface area contributed by atoms with Gasteiger partial charge in [0.05, 0.1) is 27.2 Å². The van der Waals surface area contributed by atoms with Gasteiger partial charge in [-0.05, 0) is 51.6 Å². The molecule has 9 nitrogen and oxygen atoms in total. The number of nitrogens with one attached hydrogen (secondary N) is 2. The van der Waals surface area contributed by atoms with Crippen LogP contribution in [0.1, 0.15) is 33.9 Å². The second kappa shape index (κ2) is 10.3. The van der Waals surface area contributed by atoms with Gasteiger partial charge in [0.15, 0.2) is 11.7 Å². The fourth-order valence-corrected chi connectivity index (χ4v) is 5.41. The van der Waals surface area contributed by atoms with E-state index in [-0.39, 0.29) is 39.6 Å². The molecule has 0 spiro atoms. The number of hydrogen-bond donors (Lipinski definition) is 2. The normalized spacial score (nSPS) is 16.7. The van der Waals surface area contributed by atoms with Gasteiger partial charge in [0, 0.05) is 23.4 Å². The number of amides is 1. The quantitative estimate of drug-likeness (QED) is 0.131. The zero-order valence-electron chi connectivity index (χ0n) is 19.4. The summed E-state index contributed by atoms with van der Waals surface area (Å²) < 4.78 is 61.4. The fourth-order valence-electron chi connectivity index (χ4n) is 4.06. The number of benzene rings is 2. The lowest BCUT2D eigenvalue weighted by molar-refractivity contribution is -0.384. The average molecular weight is 626 g/mol. The predicted molar refractivity (Wildman–Crippen MR) is 138 cm³/mol. The molecule has 1 aliphatic rings. The van der Waals surface area contributed by atoms with E-state index in [4.69, 9.17) is 4.74 Å². The number of anilines is 2. The second-order valence-electron chi connectivity index (χ2n) is 8.44. The summed E-state index contributed by atoms with van der Waals surface area (Å²) >= 11 is 4.51. The van der Waals surface area contributed by atoms with E-state index in [1.165, 1.54) is 29.5 Å². The number of halogens is 5. The summed E-state index contributed by atoms with van der Waals surface area (Å²) in [4.78, 5) is 24.6. The molecule has 1 amide bonds. The van der Waals surface area contributed by atoms with Crippen LogP contribution < -0.4 is 15.4 Å². The summed E-state index contributed by atoms with van der Waals surface area (Å²) in [5.41, 5.74) is -0.849. The third kappa shape index (κ3) is 5.59. The van der Waals surface area contributed by atoms with Crippen molar-refractivity contribution in [1.82, 2.24) is 9.78 Å². The van der Waals surface area contributed by atoms with Crippen LogP contribution in [0.4, 0.5) is 34.8 Å². The maximum absolute atomic E-state index is 14.0. The third-order valence-corrected chi connectivity index (χ3v) is 7.54. The molecule has 4 aromatic rings. The van der Waals surface area contributed by atoms with Crippen LogP contribution in [0.5, 0.6) is 11.5 Å². The highest BCUT2D eigenvalue weighted by Crippen LogP contribution is 2.47. The van der Waals surface area contributed by atoms with Gasteiger partial charge in [0.25, 0.3) is 11.6 Å². The van der Waals surface area contributed by atoms with Crippen LogP contribution in [-0.2, 0) is 0 Å². The molecule has 3 heterocycles. The Morgan fingerprint density at radius 1 is 1.21 bits per heavy atom. The molecule has 15 heteroatoms. The molecule has 0 saturated heterocycles. The first-order valence-corrected chi connectivity index (χ1v) is 12.9. The first kappa shape index (κ1) is 26.6. The van der Waals surface area contributed by atoms with E-state index in [1.807, 2.05) is 0 Å². The van der Waals surface area contributed by atoms with Crippen LogP contribution in [0.3, 0.4) is 0 Å². The summed E-state index contributed by atoms with van der Waals surface area (Å²) in [5, 5.41) is 22.6. The van der Waals surface area contributed by atoms with E-state index in [0.717, 1.165) is 28.9 Å². The minimum Gasteiger partial charge on any atom is -0.457 e. The molecular weight excluding hydrogens is 610 g/mol. The maximum atomic E-state index is 14.0. The van der Waals surface area contributed by atoms with E-state index in [0.29, 0.717) is 4.88 Å². The maximum Gasteiger partial charge on any atom is 0.410 e. The summed E-state index contributed by atoms with van der Waals surface area (Å²) in [6.07, 6.45) is -4.97. The van der Waals surface area contributed by atoms with Gasteiger partial charge in [-0.1, -0.05) is 6.07 Å². The highest BCUT2D eigenvalue weighted by molar-refractivity contribution is 9.10. The molecule has 39 heavy (non-hydrogen) atoms. The van der Waals surface area contributed by atoms with E-state index < -0.39 is 40.6 Å². The Balaban J connectivity index is 1.45. The summed E-state index contributed by atoms with van der Waals surface area (Å²) in [6.45, 7) is 0. The number of fused-ring (bicyclic) bond motifs is 1. The number of ether oxygens (including phenoxy) is 1. The first-order valence-electron chi connectivity index (χ1n) is 11.2. The lowest BCUT2D eigenvalue weighted by atomic mass is 10.0. The number of alkyl halides is 3. The Morgan fingerprint density at radius 3 is 2.59 bits per heavy atom. The highest BCUT2D eigenvalue weighted by atomic mass is 79.9. The molecule has 0 bridgehead atoms. The van der Waals surface area contributed by atoms with Crippen LogP contribution in [-0.4, -0.2) is 26.8 Å². The van der Waals surface area contributed by atoms with Crippen LogP contribution in [0.15, 0.2) is 64.5 Å². The molecule has 1 aliphatic heterocycles. The van der Waals surface area contributed by atoms with Crippen molar-refractivity contribution >= 4 is 50.4 Å². The minimum atomic E-state index is -4.64. The summed E-state index contributed by atoms with van der Waals surface area (Å²) in [7, 11) is 0. The van der Waals surface area contributed by atoms with Gasteiger partial charge in [-0.2, -0.15) is 18.3 Å². The molecule has 2 aromatic carbocycles. The number of aromatic nitrogens is 2. The van der Waals surface area contributed by atoms with E-state index in [1.54, 1.807) is 17.5 Å². The number of thiophene rings is 1. The van der Waals surface area contributed by atoms with Crippen molar-refractivity contribution in [2.24, 2.45) is 0 Å². The molecule has 0 fully saturated rings. The number of nitro benzene ring substituents is 1. The SMILES string of the molecule is O=C(Nc1cc(Oc2ccc(F)cc2)cc([N+](=O)[O-])c1)c1nn2c(c1Br)N[C@@H](c1cccs1)C[C@H]2C(F)(F)F. The summed E-state index contributed by atoms with van der Waals surface area (Å²) in [6, 6.07) is 9.14. The molecular formula is C24H16BrF4N5O4S. The lowest BCUT2D eigenvalue weighted by Crippen LogP contribution is -2.35. The zero-order chi connectivity index (χ0) is 27.9. The van der Waals surface area contributed by atoms with Crippen LogP contribution in [0.2, 0.25) is 0 Å². The topological polar surface area (TPSA) is 111 Å². The monoisotopic (exact) mass is 625 g/mol. The molecule has 2 aromatic heterocycles. The predicted octanol–water partition coefficient (Wildman–Crippen LogP) is 7.46. The van der Waals surface area contributed by atoms with Crippen molar-refractivity contribution in [2.75, 3.05) is 10.6 Å². The Labute approximate surface area is 229 Å². The van der Waals surface area contributed by atoms with E-state index in [9.17, 15) is 32.5 Å². The largest absolute Gasteiger partial charge is 0.457 e. The highest BCUT2D eigenvalue weighted by Gasteiger charge is 2.48. The number of non-ortho nitro benzene ring substituents is 1. The molecule has 0 radical (unpaired) electrons. The number of nitrogens with zero attached hydrogens (tertiary/aromatic N) is 3. The van der Waals surface area contributed by atoms with Gasteiger partial charge in [-0.25, -0.2) is 9.07 Å². The zero-order valence-corrected chi connectivity index (χ0v) is 21.8. The van der Waals surface area contributed by atoms with Crippen molar-refractivity contribution in [3.8, 4) is 11.5 Å². The van der Waals surface area contributed by atoms with Crippen LogP contribution in [0, 0.1) is 15.9 Å². The van der Waals surface area contributed by atoms with Crippen LogP contribution in [0.25, 0.3) is 0 Å². The average Bonchev–Trinajstić information content (AvgIpc) is 3.53. The molecule has 5 rings (SSSR count). The van der Waals surface area contributed by atoms with Gasteiger partial charge >= 0.3 is 6.18 Å². The second-order valence-corrected chi connectivity index (χ2v) is 10.2. The number of carbonyl (C=O) groups excluding carboxylic acids is 1. The number of nitro groups is 1. The van der Waals surface area contributed by atoms with Crippen molar-refractivity contribution in [3.63, 3.8) is 0 Å². The molecule has 2 atom stereocenters. The molecule has 0 unspecified atom stereocenters. The van der Waals surface area contributed by atoms with Crippen molar-refractivity contribution in [3.05, 3.63) is 91.0 Å². The Kier molecular flexibility index (Phi) is 7.03. The standard InChI is InChI=1S/C24H16BrF4N5O4S/c25-20-21(32-33-19(24(27,28)29)11-17(31-22(20)33)18-2-1-7-39-18)23(35)30-13-8-14(34(36)37)10-16(9-13)38-15-5-3-12(26)4-6-15/h1-10,17,19,31H,11H2,(H,30,35)/t17-,19+/m1/s1. The van der Waals surface area contributed by atoms with Gasteiger partial charge in [0.1, 0.15) is 23.1 Å². The molecule has 0 saturated carbocycles. The van der Waals surface area contributed by atoms with Gasteiger partial charge in [0.2, 0.25) is 0 Å². The smallest absolute Gasteiger partial charge is 0.410 e. The Morgan fingerprint density at radius 2 is 1.95 bits per heavy atom. The fraction of sp³-hybridized carbons (Fsp3) is 0.167. The first-order chi connectivity index (χ1) is 18.5. The lowest BCUT2D eigenvalue weighted by Gasteiger charge is -2.33. The number of rotatable bonds is 6. The third-order valence-electron chi connectivity index (χ3n) is 5.81. The van der Waals surface area contributed by atoms with Gasteiger partial charge in [-0.15, -0.1) is 11.3 Å². The van der Waals surface area contributed by atoms with Crippen molar-refractivity contribution in [1.29, 1.82) is 0 Å². The van der Waals surface area contributed by atoms with Gasteiger partial charge in [-0.3, -0.25) is 14.9 Å². The molecule has 202 valence electrons. The number of carbonyl (C=O) groups is 1. The summed E-state index contributed by atoms with van der Waals surface area (Å²) in [5.74, 6) is -1.29. The van der Waals surface area contributed by atoms with Crippen molar-refractivity contribution < 1.29 is 32.0 Å². The Bertz CT molecular complexity index is 1540. The molecule has 0 aliphatic carbocycles. The van der Waals surface area contributed by atoms with E-state index >= 15 is 0 Å². The van der Waals surface area contributed by atoms with Crippen molar-refractivity contribution in [2.45, 2.75) is 24.7 Å². The van der Waals surface area contributed by atoms with Gasteiger partial charge < -0.3 is 15.4 Å². The number of hydrogen-bond acceptors (Lipinski definition) is 7. The minimum absolute atomic E-state index is 0.00345. The molecule has 2 N–H and O–H groups in total. The van der Waals surface area contributed by atoms with Crippen LogP contribution >= 0.6 is 27.3 Å². The Hall–Kier alpha value is -3.98.